The molecule has 2 bridgehead atoms. The molecule has 145 valence electrons. The number of hydrogen-bond acceptors (Lipinski definition) is 5. The monoisotopic (exact) mass is 386 g/mol. The van der Waals surface area contributed by atoms with Crippen LogP contribution in [0.5, 0.6) is 5.75 Å². The summed E-state index contributed by atoms with van der Waals surface area (Å²) in [4.78, 5) is 19.7. The highest BCUT2D eigenvalue weighted by molar-refractivity contribution is 6.15. The minimum Gasteiger partial charge on any atom is -0.452 e. The predicted octanol–water partition coefficient (Wildman–Crippen LogP) is 3.36. The summed E-state index contributed by atoms with van der Waals surface area (Å²) >= 11 is 0. The van der Waals surface area contributed by atoms with Gasteiger partial charge in [-0.1, -0.05) is 12.1 Å². The molecule has 2 atom stereocenters. The lowest BCUT2D eigenvalue weighted by atomic mass is 10.1. The van der Waals surface area contributed by atoms with E-state index in [0.29, 0.717) is 29.3 Å². The molecule has 5 heterocycles. The molecular weight excluding hydrogens is 366 g/mol. The third kappa shape index (κ3) is 2.59. The van der Waals surface area contributed by atoms with E-state index in [1.165, 1.54) is 0 Å². The normalized spacial score (nSPS) is 24.4. The highest BCUT2D eigenvalue weighted by Gasteiger charge is 2.35. The van der Waals surface area contributed by atoms with Crippen molar-refractivity contribution in [1.82, 2.24) is 9.55 Å². The van der Waals surface area contributed by atoms with Gasteiger partial charge in [0.1, 0.15) is 11.4 Å². The number of aromatic nitrogens is 2. The number of fused-ring (bicyclic) bond motifs is 4. The number of carbonyl (C=O) groups excluding carboxylic acids is 1. The van der Waals surface area contributed by atoms with Crippen LogP contribution in [0.4, 0.5) is 5.69 Å². The summed E-state index contributed by atoms with van der Waals surface area (Å²) in [5.41, 5.74) is 3.45. The second-order valence-electron chi connectivity index (χ2n) is 7.94. The molecule has 0 spiro atoms. The fourth-order valence-corrected chi connectivity index (χ4v) is 4.71. The summed E-state index contributed by atoms with van der Waals surface area (Å²) in [5.74, 6) is 0.756. The van der Waals surface area contributed by atoms with Crippen molar-refractivity contribution in [3.05, 3.63) is 59.6 Å². The average molecular weight is 386 g/mol. The zero-order valence-corrected chi connectivity index (χ0v) is 16.1. The first-order valence-electron chi connectivity index (χ1n) is 9.97. The predicted molar refractivity (Wildman–Crippen MR) is 109 cm³/mol. The van der Waals surface area contributed by atoms with Crippen LogP contribution in [-0.2, 0) is 11.8 Å². The van der Waals surface area contributed by atoms with Crippen molar-refractivity contribution >= 4 is 28.6 Å². The maximum Gasteiger partial charge on any atom is 0.232 e. The number of aryl methyl sites for hydroxylation is 1. The number of benzene rings is 1. The van der Waals surface area contributed by atoms with Gasteiger partial charge in [-0.05, 0) is 37.1 Å². The largest absolute Gasteiger partial charge is 0.452 e. The Morgan fingerprint density at radius 3 is 2.86 bits per heavy atom. The minimum atomic E-state index is -0.132. The quantitative estimate of drug-likeness (QED) is 0.632. The van der Waals surface area contributed by atoms with Crippen LogP contribution in [-0.4, -0.2) is 40.6 Å². The second kappa shape index (κ2) is 6.19. The van der Waals surface area contributed by atoms with Crippen LogP contribution < -0.4 is 9.64 Å². The summed E-state index contributed by atoms with van der Waals surface area (Å²) in [6.45, 7) is 1.77. The fraction of sp³-hybridized carbons (Fsp3) is 0.304. The molecule has 2 saturated heterocycles. The Bertz CT molecular complexity index is 1170. The lowest BCUT2D eigenvalue weighted by molar-refractivity contribution is 0.0306. The van der Waals surface area contributed by atoms with Gasteiger partial charge in [0.05, 0.1) is 23.5 Å². The molecule has 0 saturated carbocycles. The van der Waals surface area contributed by atoms with Crippen LogP contribution in [0.25, 0.3) is 17.1 Å². The van der Waals surface area contributed by atoms with Gasteiger partial charge in [0, 0.05) is 43.5 Å². The third-order valence-corrected chi connectivity index (χ3v) is 6.02. The standard InChI is InChI=1S/C23H20N3O3/c1-25-11-14(10-20-22(27)17-4-2-3-5-19(17)29-20)21-18(8-9-24-23(21)25)26-12-15-6-7-16(13-26)28-15/h2-3,5,8-11,15-16H,6-7,12-13H2,1H3/b20-10-. The Morgan fingerprint density at radius 2 is 2.07 bits per heavy atom. The van der Waals surface area contributed by atoms with Crippen LogP contribution >= 0.6 is 0 Å². The number of pyridine rings is 1. The maximum absolute atomic E-state index is 12.8. The number of nitrogens with zero attached hydrogens (tertiary/aromatic N) is 3. The fourth-order valence-electron chi connectivity index (χ4n) is 4.71. The summed E-state index contributed by atoms with van der Waals surface area (Å²) < 4.78 is 13.8. The molecule has 0 N–H and O–H groups in total. The number of rotatable bonds is 2. The zero-order chi connectivity index (χ0) is 19.5. The van der Waals surface area contributed by atoms with Crippen LogP contribution in [0.2, 0.25) is 0 Å². The van der Waals surface area contributed by atoms with E-state index in [2.05, 4.69) is 22.0 Å². The molecule has 3 aliphatic heterocycles. The Kier molecular flexibility index (Phi) is 3.59. The smallest absolute Gasteiger partial charge is 0.232 e. The molecule has 6 heteroatoms. The Balaban J connectivity index is 1.46. The van der Waals surface area contributed by atoms with Crippen molar-refractivity contribution in [3.63, 3.8) is 0 Å². The van der Waals surface area contributed by atoms with E-state index in [0.717, 1.165) is 48.2 Å². The van der Waals surface area contributed by atoms with Gasteiger partial charge in [0.15, 0.2) is 5.76 Å². The molecule has 1 aromatic carbocycles. The Morgan fingerprint density at radius 1 is 1.24 bits per heavy atom. The van der Waals surface area contributed by atoms with Gasteiger partial charge < -0.3 is 18.9 Å². The van der Waals surface area contributed by atoms with E-state index < -0.39 is 0 Å². The van der Waals surface area contributed by atoms with Crippen LogP contribution in [0.1, 0.15) is 28.8 Å². The first-order chi connectivity index (χ1) is 14.2. The number of ether oxygens (including phenoxy) is 2. The lowest BCUT2D eigenvalue weighted by Crippen LogP contribution is -2.42. The molecular formula is C23H20N3O3. The van der Waals surface area contributed by atoms with Crippen molar-refractivity contribution in [2.45, 2.75) is 25.0 Å². The van der Waals surface area contributed by atoms with Crippen molar-refractivity contribution in [2.24, 2.45) is 7.05 Å². The number of anilines is 1. The summed E-state index contributed by atoms with van der Waals surface area (Å²) in [6, 6.07) is 10.4. The van der Waals surface area contributed by atoms with Gasteiger partial charge in [-0.15, -0.1) is 0 Å². The summed E-state index contributed by atoms with van der Waals surface area (Å²) in [7, 11) is 1.98. The Hall–Kier alpha value is -3.12. The van der Waals surface area contributed by atoms with Crippen molar-refractivity contribution in [3.8, 4) is 5.75 Å². The van der Waals surface area contributed by atoms with E-state index in [-0.39, 0.29) is 5.78 Å². The molecule has 2 fully saturated rings. The highest BCUT2D eigenvalue weighted by atomic mass is 16.5. The van der Waals surface area contributed by atoms with Crippen LogP contribution in [0.15, 0.2) is 42.4 Å². The van der Waals surface area contributed by atoms with Crippen molar-refractivity contribution < 1.29 is 14.3 Å². The number of hydrogen-bond donors (Lipinski definition) is 0. The molecule has 3 aliphatic rings. The van der Waals surface area contributed by atoms with Gasteiger partial charge >= 0.3 is 0 Å². The molecule has 6 nitrogen and oxygen atoms in total. The SMILES string of the molecule is Cn1cc(/C=C2\Oc3ccc[c]c3C2=O)c2c(N3CC4CCC(C3)O4)ccnc21. The molecule has 1 radical (unpaired) electrons. The average Bonchev–Trinajstić information content (AvgIpc) is 3.36. The first-order valence-corrected chi connectivity index (χ1v) is 9.97. The minimum absolute atomic E-state index is 0.132. The van der Waals surface area contributed by atoms with Crippen molar-refractivity contribution in [1.29, 1.82) is 0 Å². The van der Waals surface area contributed by atoms with Gasteiger partial charge in [-0.3, -0.25) is 4.79 Å². The number of ketones is 1. The zero-order valence-electron chi connectivity index (χ0n) is 16.1. The van der Waals surface area contributed by atoms with E-state index in [1.54, 1.807) is 12.1 Å². The number of carbonyl (C=O) groups is 1. The number of morpholine rings is 1. The number of allylic oxidation sites excluding steroid dienone is 1. The third-order valence-electron chi connectivity index (χ3n) is 6.02. The van der Waals surface area contributed by atoms with E-state index in [4.69, 9.17) is 9.47 Å². The van der Waals surface area contributed by atoms with Crippen LogP contribution in [0.3, 0.4) is 0 Å². The van der Waals surface area contributed by atoms with Crippen molar-refractivity contribution in [2.75, 3.05) is 18.0 Å². The lowest BCUT2D eigenvalue weighted by Gasteiger charge is -2.34. The molecule has 6 rings (SSSR count). The van der Waals surface area contributed by atoms with Crippen LogP contribution in [0, 0.1) is 6.07 Å². The molecule has 29 heavy (non-hydrogen) atoms. The topological polar surface area (TPSA) is 56.6 Å². The molecule has 2 unspecified atom stereocenters. The molecule has 3 aromatic rings. The summed E-state index contributed by atoms with van der Waals surface area (Å²) in [5, 5.41) is 1.04. The van der Waals surface area contributed by atoms with E-state index in [1.807, 2.05) is 36.2 Å². The van der Waals surface area contributed by atoms with Gasteiger partial charge in [0.25, 0.3) is 0 Å². The van der Waals surface area contributed by atoms with Gasteiger partial charge in [0.2, 0.25) is 5.78 Å². The first kappa shape index (κ1) is 16.8. The molecule has 2 aromatic heterocycles. The molecule has 0 amide bonds. The number of Topliss-reactive ketones (excluding diaryl/α,β-unsaturated/α-hetero) is 1. The van der Waals surface area contributed by atoms with E-state index in [9.17, 15) is 4.79 Å². The highest BCUT2D eigenvalue weighted by Crippen LogP contribution is 2.37. The molecule has 0 aliphatic carbocycles. The summed E-state index contributed by atoms with van der Waals surface area (Å²) in [6.07, 6.45) is 8.54. The second-order valence-corrected chi connectivity index (χ2v) is 7.94. The maximum atomic E-state index is 12.8. The Labute approximate surface area is 168 Å². The van der Waals surface area contributed by atoms with Gasteiger partial charge in [-0.2, -0.15) is 0 Å². The van der Waals surface area contributed by atoms with E-state index >= 15 is 0 Å². The van der Waals surface area contributed by atoms with Gasteiger partial charge in [-0.25, -0.2) is 4.98 Å².